The minimum absolute atomic E-state index is 0.113. The van der Waals surface area contributed by atoms with Crippen molar-refractivity contribution in [2.75, 3.05) is 18.2 Å². The molecule has 0 aliphatic carbocycles. The number of amides is 2. The van der Waals surface area contributed by atoms with Crippen molar-refractivity contribution in [3.63, 3.8) is 0 Å². The van der Waals surface area contributed by atoms with Gasteiger partial charge in [-0.3, -0.25) is 9.59 Å². The number of para-hydroxylation sites is 1. The molecule has 1 heterocycles. The normalized spacial score (nSPS) is 11.6. The van der Waals surface area contributed by atoms with Gasteiger partial charge >= 0.3 is 0 Å². The summed E-state index contributed by atoms with van der Waals surface area (Å²) in [5.74, 6) is 1.35. The smallest absolute Gasteiger partial charge is 0.234 e. The average molecular weight is 454 g/mol. The third-order valence-electron chi connectivity index (χ3n) is 4.91. The van der Waals surface area contributed by atoms with Gasteiger partial charge in [-0.15, -0.1) is 10.2 Å². The summed E-state index contributed by atoms with van der Waals surface area (Å²) in [4.78, 5) is 24.7. The van der Waals surface area contributed by atoms with E-state index in [1.165, 1.54) is 11.8 Å². The highest BCUT2D eigenvalue weighted by Gasteiger charge is 2.18. The summed E-state index contributed by atoms with van der Waals surface area (Å²) in [7, 11) is 3.43. The van der Waals surface area contributed by atoms with Gasteiger partial charge in [-0.25, -0.2) is 0 Å². The number of hydrogen-bond acceptors (Lipinski definition) is 6. The number of aryl methyl sites for hydroxylation is 1. The lowest BCUT2D eigenvalue weighted by Gasteiger charge is -2.14. The largest absolute Gasteiger partial charge is 0.497 e. The first-order chi connectivity index (χ1) is 15.4. The van der Waals surface area contributed by atoms with E-state index in [2.05, 4.69) is 20.8 Å². The van der Waals surface area contributed by atoms with Crippen molar-refractivity contribution >= 4 is 29.3 Å². The molecule has 168 valence electrons. The summed E-state index contributed by atoms with van der Waals surface area (Å²) < 4.78 is 6.93. The lowest BCUT2D eigenvalue weighted by Crippen LogP contribution is -2.29. The number of nitrogens with zero attached hydrogens (tertiary/aromatic N) is 3. The Labute approximate surface area is 191 Å². The molecule has 1 aromatic heterocycles. The van der Waals surface area contributed by atoms with E-state index in [4.69, 9.17) is 4.74 Å². The Bertz CT molecular complexity index is 1080. The number of carbonyl (C=O) groups is 2. The van der Waals surface area contributed by atoms with Crippen LogP contribution in [0.1, 0.15) is 29.9 Å². The number of ether oxygens (including phenoxy) is 1. The summed E-state index contributed by atoms with van der Waals surface area (Å²) in [5, 5.41) is 14.8. The van der Waals surface area contributed by atoms with E-state index in [0.29, 0.717) is 11.0 Å². The fourth-order valence-electron chi connectivity index (χ4n) is 3.14. The Morgan fingerprint density at radius 3 is 2.50 bits per heavy atom. The Morgan fingerprint density at radius 1 is 1.09 bits per heavy atom. The summed E-state index contributed by atoms with van der Waals surface area (Å²) in [6, 6.07) is 14.7. The van der Waals surface area contributed by atoms with Gasteiger partial charge in [0.05, 0.1) is 25.3 Å². The SMILES string of the molecule is COc1ccc(CC(=O)N[C@@H](C)c2nnc(SCC(=O)Nc3ccccc3C)n2C)cc1. The van der Waals surface area contributed by atoms with Crippen LogP contribution in [0.4, 0.5) is 5.69 Å². The van der Waals surface area contributed by atoms with E-state index in [0.717, 1.165) is 22.6 Å². The van der Waals surface area contributed by atoms with Crippen molar-refractivity contribution in [2.24, 2.45) is 7.05 Å². The highest BCUT2D eigenvalue weighted by atomic mass is 32.2. The van der Waals surface area contributed by atoms with Gasteiger partial charge in [-0.05, 0) is 43.2 Å². The molecule has 0 aliphatic heterocycles. The van der Waals surface area contributed by atoms with Gasteiger partial charge in [0.15, 0.2) is 11.0 Å². The fourth-order valence-corrected chi connectivity index (χ4v) is 3.86. The second-order valence-corrected chi connectivity index (χ2v) is 8.31. The Balaban J connectivity index is 1.53. The Kier molecular flexibility index (Phi) is 7.88. The van der Waals surface area contributed by atoms with Gasteiger partial charge in [-0.1, -0.05) is 42.1 Å². The molecule has 0 saturated heterocycles. The monoisotopic (exact) mass is 453 g/mol. The van der Waals surface area contributed by atoms with Crippen LogP contribution in [0.5, 0.6) is 5.75 Å². The van der Waals surface area contributed by atoms with Crippen LogP contribution < -0.4 is 15.4 Å². The van der Waals surface area contributed by atoms with E-state index >= 15 is 0 Å². The Morgan fingerprint density at radius 2 is 1.81 bits per heavy atom. The number of carbonyl (C=O) groups excluding carboxylic acids is 2. The third kappa shape index (κ3) is 6.10. The number of thioether (sulfide) groups is 1. The van der Waals surface area contributed by atoms with Crippen LogP contribution in [0.25, 0.3) is 0 Å². The van der Waals surface area contributed by atoms with Crippen molar-refractivity contribution in [3.8, 4) is 5.75 Å². The second-order valence-electron chi connectivity index (χ2n) is 7.37. The fraction of sp³-hybridized carbons (Fsp3) is 0.304. The summed E-state index contributed by atoms with van der Waals surface area (Å²) in [5.41, 5.74) is 2.69. The van der Waals surface area contributed by atoms with Crippen LogP contribution in [0.15, 0.2) is 53.7 Å². The highest BCUT2D eigenvalue weighted by Crippen LogP contribution is 2.20. The first kappa shape index (κ1) is 23.3. The molecule has 8 nitrogen and oxygen atoms in total. The molecular weight excluding hydrogens is 426 g/mol. The molecule has 2 amide bonds. The molecule has 0 unspecified atom stereocenters. The second kappa shape index (κ2) is 10.8. The molecule has 1 atom stereocenters. The summed E-state index contributed by atoms with van der Waals surface area (Å²) >= 11 is 1.30. The number of benzene rings is 2. The predicted octanol–water partition coefficient (Wildman–Crippen LogP) is 3.28. The molecule has 3 rings (SSSR count). The number of aromatic nitrogens is 3. The van der Waals surface area contributed by atoms with E-state index in [1.54, 1.807) is 11.7 Å². The van der Waals surface area contributed by atoms with Crippen LogP contribution >= 0.6 is 11.8 Å². The van der Waals surface area contributed by atoms with E-state index in [-0.39, 0.29) is 30.0 Å². The first-order valence-electron chi connectivity index (χ1n) is 10.2. The maximum absolute atomic E-state index is 12.4. The summed E-state index contributed by atoms with van der Waals surface area (Å²) in [6.45, 7) is 3.80. The number of anilines is 1. The van der Waals surface area contributed by atoms with Gasteiger partial charge in [0, 0.05) is 12.7 Å². The molecule has 32 heavy (non-hydrogen) atoms. The molecule has 0 aliphatic rings. The Hall–Kier alpha value is -3.33. The van der Waals surface area contributed by atoms with Gasteiger partial charge in [0.25, 0.3) is 0 Å². The predicted molar refractivity (Wildman–Crippen MR) is 125 cm³/mol. The molecule has 9 heteroatoms. The van der Waals surface area contributed by atoms with E-state index in [9.17, 15) is 9.59 Å². The molecule has 0 fully saturated rings. The molecular formula is C23H27N5O3S. The van der Waals surface area contributed by atoms with Crippen molar-refractivity contribution < 1.29 is 14.3 Å². The third-order valence-corrected chi connectivity index (χ3v) is 5.93. The van der Waals surface area contributed by atoms with Crippen LogP contribution in [0.2, 0.25) is 0 Å². The molecule has 0 saturated carbocycles. The van der Waals surface area contributed by atoms with Crippen LogP contribution in [0, 0.1) is 6.92 Å². The van der Waals surface area contributed by atoms with Gasteiger partial charge in [-0.2, -0.15) is 0 Å². The van der Waals surface area contributed by atoms with Crippen molar-refractivity contribution in [1.82, 2.24) is 20.1 Å². The van der Waals surface area contributed by atoms with E-state index in [1.807, 2.05) is 69.4 Å². The van der Waals surface area contributed by atoms with Crippen molar-refractivity contribution in [3.05, 3.63) is 65.5 Å². The van der Waals surface area contributed by atoms with Crippen molar-refractivity contribution in [1.29, 1.82) is 0 Å². The maximum atomic E-state index is 12.4. The molecule has 0 radical (unpaired) electrons. The lowest BCUT2D eigenvalue weighted by molar-refractivity contribution is -0.121. The number of hydrogen-bond donors (Lipinski definition) is 2. The number of methoxy groups -OCH3 is 1. The van der Waals surface area contributed by atoms with Crippen LogP contribution in [0.3, 0.4) is 0 Å². The zero-order chi connectivity index (χ0) is 23.1. The minimum Gasteiger partial charge on any atom is -0.497 e. The topological polar surface area (TPSA) is 98.1 Å². The first-order valence-corrected chi connectivity index (χ1v) is 11.2. The molecule has 2 N–H and O–H groups in total. The zero-order valence-corrected chi connectivity index (χ0v) is 19.4. The quantitative estimate of drug-likeness (QED) is 0.483. The summed E-state index contributed by atoms with van der Waals surface area (Å²) in [6.07, 6.45) is 0.257. The van der Waals surface area contributed by atoms with Crippen LogP contribution in [-0.4, -0.2) is 39.4 Å². The molecule has 2 aromatic carbocycles. The maximum Gasteiger partial charge on any atom is 0.234 e. The van der Waals surface area contributed by atoms with Gasteiger partial charge in [0.2, 0.25) is 11.8 Å². The average Bonchev–Trinajstić information content (AvgIpc) is 3.15. The van der Waals surface area contributed by atoms with Gasteiger partial charge in [0.1, 0.15) is 5.75 Å². The number of nitrogens with one attached hydrogen (secondary N) is 2. The molecule has 0 spiro atoms. The highest BCUT2D eigenvalue weighted by molar-refractivity contribution is 7.99. The zero-order valence-electron chi connectivity index (χ0n) is 18.6. The van der Waals surface area contributed by atoms with Gasteiger partial charge < -0.3 is 19.9 Å². The van der Waals surface area contributed by atoms with Crippen molar-refractivity contribution in [2.45, 2.75) is 31.5 Å². The van der Waals surface area contributed by atoms with E-state index < -0.39 is 0 Å². The lowest BCUT2D eigenvalue weighted by atomic mass is 10.1. The minimum atomic E-state index is -0.326. The number of rotatable bonds is 9. The molecule has 0 bridgehead atoms. The molecule has 3 aromatic rings. The standard InChI is InChI=1S/C23H27N5O3S/c1-15-7-5-6-8-19(15)25-21(30)14-32-23-27-26-22(28(23)3)16(2)24-20(29)13-17-9-11-18(31-4)12-10-17/h5-12,16H,13-14H2,1-4H3,(H,24,29)(H,25,30)/t16-/m0/s1. The van der Waals surface area contributed by atoms with Crippen LogP contribution in [-0.2, 0) is 23.1 Å².